The van der Waals surface area contributed by atoms with Gasteiger partial charge in [-0.2, -0.15) is 0 Å². The summed E-state index contributed by atoms with van der Waals surface area (Å²) in [6.07, 6.45) is 1.78. The molecule has 11 heteroatoms. The Kier molecular flexibility index (Phi) is 10.6. The van der Waals surface area contributed by atoms with E-state index in [2.05, 4.69) is 21.2 Å². The fraction of sp³-hybridized carbons (Fsp3) is 0.417. The van der Waals surface area contributed by atoms with Crippen LogP contribution in [-0.4, -0.2) is 50.5 Å². The number of hydrogen-bond acceptors (Lipinski definition) is 4. The number of nitrogens with zero attached hydrogens (tertiary/aromatic N) is 2. The molecule has 7 nitrogen and oxygen atoms in total. The molecule has 0 saturated heterocycles. The minimum atomic E-state index is -3.81. The van der Waals surface area contributed by atoms with E-state index in [-0.39, 0.29) is 43.4 Å². The zero-order valence-electron chi connectivity index (χ0n) is 19.9. The molecule has 2 rings (SSSR count). The predicted octanol–water partition coefficient (Wildman–Crippen LogP) is 4.22. The van der Waals surface area contributed by atoms with E-state index in [1.807, 2.05) is 31.2 Å². The zero-order chi connectivity index (χ0) is 26.2. The SMILES string of the molecule is CCCNC(=O)[C@H](C)N(Cc1cccc(Br)c1)C(=O)CCCN(c1ccc(F)c(F)c1)S(C)(=O)=O. The lowest BCUT2D eigenvalue weighted by Gasteiger charge is -2.29. The monoisotopic (exact) mass is 573 g/mol. The van der Waals surface area contributed by atoms with Crippen molar-refractivity contribution in [1.29, 1.82) is 0 Å². The van der Waals surface area contributed by atoms with E-state index in [9.17, 15) is 26.8 Å². The number of carbonyl (C=O) groups excluding carboxylic acids is 2. The van der Waals surface area contributed by atoms with Gasteiger partial charge >= 0.3 is 0 Å². The molecule has 1 N–H and O–H groups in total. The molecule has 0 heterocycles. The number of anilines is 1. The van der Waals surface area contributed by atoms with Gasteiger partial charge in [0.25, 0.3) is 0 Å². The van der Waals surface area contributed by atoms with Crippen molar-refractivity contribution in [3.8, 4) is 0 Å². The van der Waals surface area contributed by atoms with Gasteiger partial charge in [0.1, 0.15) is 6.04 Å². The van der Waals surface area contributed by atoms with Crippen LogP contribution in [0, 0.1) is 11.6 Å². The normalized spacial score (nSPS) is 12.2. The van der Waals surface area contributed by atoms with Crippen LogP contribution in [0.4, 0.5) is 14.5 Å². The Morgan fingerprint density at radius 3 is 2.43 bits per heavy atom. The molecule has 35 heavy (non-hydrogen) atoms. The molecule has 0 bridgehead atoms. The Balaban J connectivity index is 2.17. The number of benzene rings is 2. The van der Waals surface area contributed by atoms with E-state index in [4.69, 9.17) is 0 Å². The average Bonchev–Trinajstić information content (AvgIpc) is 2.79. The summed E-state index contributed by atoms with van der Waals surface area (Å²) in [6, 6.07) is 9.45. The molecule has 1 atom stereocenters. The maximum absolute atomic E-state index is 13.7. The third-order valence-corrected chi connectivity index (χ3v) is 6.99. The van der Waals surface area contributed by atoms with E-state index in [1.165, 1.54) is 11.0 Å². The fourth-order valence-corrected chi connectivity index (χ4v) is 4.86. The summed E-state index contributed by atoms with van der Waals surface area (Å²) < 4.78 is 53.3. The molecule has 0 aliphatic rings. The molecule has 0 spiro atoms. The second kappa shape index (κ2) is 13.0. The zero-order valence-corrected chi connectivity index (χ0v) is 22.3. The van der Waals surface area contributed by atoms with Crippen molar-refractivity contribution >= 4 is 43.5 Å². The van der Waals surface area contributed by atoms with E-state index in [1.54, 1.807) is 6.92 Å². The van der Waals surface area contributed by atoms with Gasteiger partial charge in [0.05, 0.1) is 11.9 Å². The van der Waals surface area contributed by atoms with E-state index in [0.717, 1.165) is 39.2 Å². The summed E-state index contributed by atoms with van der Waals surface area (Å²) in [7, 11) is -3.81. The molecular weight excluding hydrogens is 544 g/mol. The van der Waals surface area contributed by atoms with Gasteiger partial charge in [-0.05, 0) is 49.6 Å². The molecule has 0 unspecified atom stereocenters. The lowest BCUT2D eigenvalue weighted by molar-refractivity contribution is -0.140. The Labute approximate surface area is 213 Å². The lowest BCUT2D eigenvalue weighted by Crippen LogP contribution is -2.47. The van der Waals surface area contributed by atoms with Gasteiger partial charge < -0.3 is 10.2 Å². The standard InChI is InChI=1S/C24H30BrF2N3O4S/c1-4-12-28-24(32)17(2)29(16-18-7-5-8-19(25)14-18)23(31)9-6-13-30(35(3,33)34)20-10-11-21(26)22(27)15-20/h5,7-8,10-11,14-15,17H,4,6,9,12-13,16H2,1-3H3,(H,28,32)/t17-/m0/s1. The first-order valence-corrected chi connectivity index (χ1v) is 13.8. The molecule has 0 saturated carbocycles. The van der Waals surface area contributed by atoms with Gasteiger partial charge in [-0.1, -0.05) is 35.0 Å². The first-order valence-electron chi connectivity index (χ1n) is 11.2. The number of nitrogens with one attached hydrogen (secondary N) is 1. The van der Waals surface area contributed by atoms with Crippen LogP contribution in [0.3, 0.4) is 0 Å². The number of amides is 2. The molecular formula is C24H30BrF2N3O4S. The maximum atomic E-state index is 13.7. The average molecular weight is 574 g/mol. The molecule has 2 amide bonds. The molecule has 0 fully saturated rings. The van der Waals surface area contributed by atoms with E-state index < -0.39 is 27.7 Å². The molecule has 0 aromatic heterocycles. The molecule has 0 aliphatic heterocycles. The number of rotatable bonds is 12. The van der Waals surface area contributed by atoms with E-state index >= 15 is 0 Å². The summed E-state index contributed by atoms with van der Waals surface area (Å²) in [5.74, 6) is -2.87. The highest BCUT2D eigenvalue weighted by Gasteiger charge is 2.26. The van der Waals surface area contributed by atoms with Crippen LogP contribution in [0.1, 0.15) is 38.7 Å². The van der Waals surface area contributed by atoms with Crippen LogP contribution in [0.5, 0.6) is 0 Å². The fourth-order valence-electron chi connectivity index (χ4n) is 3.45. The second-order valence-corrected chi connectivity index (χ2v) is 11.0. The van der Waals surface area contributed by atoms with Crippen molar-refractivity contribution in [3.63, 3.8) is 0 Å². The third-order valence-electron chi connectivity index (χ3n) is 5.30. The summed E-state index contributed by atoms with van der Waals surface area (Å²) in [6.45, 7) is 4.13. The van der Waals surface area contributed by atoms with Crippen LogP contribution < -0.4 is 9.62 Å². The summed E-state index contributed by atoms with van der Waals surface area (Å²) in [5, 5.41) is 2.79. The number of hydrogen-bond donors (Lipinski definition) is 1. The van der Waals surface area contributed by atoms with Crippen molar-refractivity contribution in [3.05, 3.63) is 64.1 Å². The van der Waals surface area contributed by atoms with Crippen LogP contribution in [-0.2, 0) is 26.2 Å². The summed E-state index contributed by atoms with van der Waals surface area (Å²) in [5.41, 5.74) is 0.791. The maximum Gasteiger partial charge on any atom is 0.242 e. The molecule has 2 aromatic rings. The Morgan fingerprint density at radius 2 is 1.83 bits per heavy atom. The summed E-state index contributed by atoms with van der Waals surface area (Å²) in [4.78, 5) is 27.2. The lowest BCUT2D eigenvalue weighted by atomic mass is 10.1. The number of halogens is 3. The highest BCUT2D eigenvalue weighted by atomic mass is 79.9. The molecule has 2 aromatic carbocycles. The third kappa shape index (κ3) is 8.57. The van der Waals surface area contributed by atoms with Crippen LogP contribution >= 0.6 is 15.9 Å². The second-order valence-electron chi connectivity index (χ2n) is 8.16. The van der Waals surface area contributed by atoms with Crippen LogP contribution in [0.2, 0.25) is 0 Å². The van der Waals surface area contributed by atoms with Gasteiger partial charge in [-0.3, -0.25) is 13.9 Å². The number of sulfonamides is 1. The Bertz CT molecular complexity index is 1150. The van der Waals surface area contributed by atoms with Crippen molar-refractivity contribution in [1.82, 2.24) is 10.2 Å². The molecule has 192 valence electrons. The van der Waals surface area contributed by atoms with Crippen LogP contribution in [0.25, 0.3) is 0 Å². The van der Waals surface area contributed by atoms with Crippen molar-refractivity contribution < 1.29 is 26.8 Å². The van der Waals surface area contributed by atoms with Gasteiger partial charge in [0.2, 0.25) is 21.8 Å². The molecule has 0 radical (unpaired) electrons. The smallest absolute Gasteiger partial charge is 0.242 e. The Morgan fingerprint density at radius 1 is 1.11 bits per heavy atom. The summed E-state index contributed by atoms with van der Waals surface area (Å²) >= 11 is 3.40. The van der Waals surface area contributed by atoms with Crippen molar-refractivity contribution in [2.24, 2.45) is 0 Å². The topological polar surface area (TPSA) is 86.8 Å². The molecule has 0 aliphatic carbocycles. The largest absolute Gasteiger partial charge is 0.354 e. The van der Waals surface area contributed by atoms with Gasteiger partial charge in [-0.25, -0.2) is 17.2 Å². The quantitative estimate of drug-likeness (QED) is 0.412. The predicted molar refractivity (Wildman–Crippen MR) is 135 cm³/mol. The minimum Gasteiger partial charge on any atom is -0.354 e. The minimum absolute atomic E-state index is 0.0304. The van der Waals surface area contributed by atoms with Crippen molar-refractivity contribution in [2.45, 2.75) is 45.7 Å². The highest BCUT2D eigenvalue weighted by Crippen LogP contribution is 2.22. The van der Waals surface area contributed by atoms with Gasteiger partial charge in [0, 0.05) is 36.6 Å². The van der Waals surface area contributed by atoms with E-state index in [0.29, 0.717) is 6.54 Å². The first kappa shape index (κ1) is 28.7. The Hall–Kier alpha value is -2.53. The van der Waals surface area contributed by atoms with Crippen molar-refractivity contribution in [2.75, 3.05) is 23.7 Å². The van der Waals surface area contributed by atoms with Gasteiger partial charge in [-0.15, -0.1) is 0 Å². The number of carbonyl (C=O) groups is 2. The van der Waals surface area contributed by atoms with Gasteiger partial charge in [0.15, 0.2) is 11.6 Å². The van der Waals surface area contributed by atoms with Crippen LogP contribution in [0.15, 0.2) is 46.9 Å². The first-order chi connectivity index (χ1) is 16.4. The highest BCUT2D eigenvalue weighted by molar-refractivity contribution is 9.10.